The second kappa shape index (κ2) is 6.16. The molecular weight excluding hydrogens is 324 g/mol. The SMILES string of the molecule is Cc1ccc(C(=O)N2CCN(C(=O)C3CC(F)(F)CN3)CC2)s1. The van der Waals surface area contributed by atoms with Gasteiger partial charge < -0.3 is 9.80 Å². The lowest BCUT2D eigenvalue weighted by Crippen LogP contribution is -2.54. The van der Waals surface area contributed by atoms with Gasteiger partial charge in [-0.25, -0.2) is 8.78 Å². The summed E-state index contributed by atoms with van der Waals surface area (Å²) >= 11 is 1.45. The van der Waals surface area contributed by atoms with Gasteiger partial charge in [0.25, 0.3) is 11.8 Å². The summed E-state index contributed by atoms with van der Waals surface area (Å²) in [7, 11) is 0. The summed E-state index contributed by atoms with van der Waals surface area (Å²) in [6.07, 6.45) is -0.445. The van der Waals surface area contributed by atoms with E-state index in [1.54, 1.807) is 9.80 Å². The first kappa shape index (κ1) is 16.3. The summed E-state index contributed by atoms with van der Waals surface area (Å²) in [6, 6.07) is 2.90. The highest BCUT2D eigenvalue weighted by atomic mass is 32.1. The maximum atomic E-state index is 13.2. The first-order valence-electron chi connectivity index (χ1n) is 7.61. The van der Waals surface area contributed by atoms with Gasteiger partial charge in [0.05, 0.1) is 17.5 Å². The van der Waals surface area contributed by atoms with Gasteiger partial charge in [0.15, 0.2) is 0 Å². The zero-order valence-corrected chi connectivity index (χ0v) is 13.7. The number of hydrogen-bond acceptors (Lipinski definition) is 4. The van der Waals surface area contributed by atoms with Crippen LogP contribution in [0.3, 0.4) is 0 Å². The summed E-state index contributed by atoms with van der Waals surface area (Å²) in [6.45, 7) is 3.15. The van der Waals surface area contributed by atoms with E-state index < -0.39 is 24.9 Å². The van der Waals surface area contributed by atoms with Crippen LogP contribution in [0.2, 0.25) is 0 Å². The minimum atomic E-state index is -2.81. The van der Waals surface area contributed by atoms with Crippen LogP contribution in [-0.2, 0) is 4.79 Å². The monoisotopic (exact) mass is 343 g/mol. The van der Waals surface area contributed by atoms with E-state index in [2.05, 4.69) is 5.32 Å². The zero-order chi connectivity index (χ0) is 16.6. The van der Waals surface area contributed by atoms with Gasteiger partial charge in [-0.05, 0) is 19.1 Å². The number of nitrogens with zero attached hydrogens (tertiary/aromatic N) is 2. The van der Waals surface area contributed by atoms with E-state index in [1.165, 1.54) is 11.3 Å². The van der Waals surface area contributed by atoms with Crippen molar-refractivity contribution in [2.75, 3.05) is 32.7 Å². The minimum absolute atomic E-state index is 0.0271. The van der Waals surface area contributed by atoms with Gasteiger partial charge in [-0.3, -0.25) is 14.9 Å². The molecule has 0 aromatic carbocycles. The topological polar surface area (TPSA) is 52.7 Å². The lowest BCUT2D eigenvalue weighted by atomic mass is 10.1. The number of carbonyl (C=O) groups is 2. The van der Waals surface area contributed by atoms with Crippen molar-refractivity contribution in [1.29, 1.82) is 0 Å². The number of hydrogen-bond donors (Lipinski definition) is 1. The Kier molecular flexibility index (Phi) is 4.37. The molecule has 1 aromatic rings. The van der Waals surface area contributed by atoms with Crippen LogP contribution in [0.15, 0.2) is 12.1 Å². The van der Waals surface area contributed by atoms with Crippen LogP contribution < -0.4 is 5.32 Å². The lowest BCUT2D eigenvalue weighted by Gasteiger charge is -2.35. The van der Waals surface area contributed by atoms with E-state index >= 15 is 0 Å². The van der Waals surface area contributed by atoms with Crippen LogP contribution in [0.4, 0.5) is 8.78 Å². The second-order valence-electron chi connectivity index (χ2n) is 6.02. The molecule has 0 radical (unpaired) electrons. The van der Waals surface area contributed by atoms with Crippen LogP contribution in [-0.4, -0.2) is 66.3 Å². The maximum Gasteiger partial charge on any atom is 0.264 e. The third-order valence-corrected chi connectivity index (χ3v) is 5.23. The van der Waals surface area contributed by atoms with E-state index in [1.807, 2.05) is 19.1 Å². The van der Waals surface area contributed by atoms with Crippen LogP contribution in [0, 0.1) is 6.92 Å². The van der Waals surface area contributed by atoms with E-state index in [0.717, 1.165) is 4.88 Å². The number of piperazine rings is 1. The van der Waals surface area contributed by atoms with Gasteiger partial charge in [0, 0.05) is 37.5 Å². The minimum Gasteiger partial charge on any atom is -0.338 e. The molecule has 8 heteroatoms. The molecule has 1 aromatic heterocycles. The number of halogens is 2. The predicted molar refractivity (Wildman–Crippen MR) is 82.9 cm³/mol. The Bertz CT molecular complexity index is 612. The quantitative estimate of drug-likeness (QED) is 0.882. The van der Waals surface area contributed by atoms with Gasteiger partial charge >= 0.3 is 0 Å². The molecule has 3 heterocycles. The fraction of sp³-hybridized carbons (Fsp3) is 0.600. The first-order valence-corrected chi connectivity index (χ1v) is 8.43. The van der Waals surface area contributed by atoms with Gasteiger partial charge in [0.2, 0.25) is 5.91 Å². The zero-order valence-electron chi connectivity index (χ0n) is 12.8. The van der Waals surface area contributed by atoms with Crippen molar-refractivity contribution in [2.45, 2.75) is 25.3 Å². The number of amides is 2. The van der Waals surface area contributed by atoms with Crippen LogP contribution in [0.5, 0.6) is 0 Å². The smallest absolute Gasteiger partial charge is 0.264 e. The first-order chi connectivity index (χ1) is 10.9. The number of nitrogens with one attached hydrogen (secondary N) is 1. The van der Waals surface area contributed by atoms with Crippen molar-refractivity contribution in [3.63, 3.8) is 0 Å². The predicted octanol–water partition coefficient (Wildman–Crippen LogP) is 1.34. The Morgan fingerprint density at radius 2 is 1.87 bits per heavy atom. The van der Waals surface area contributed by atoms with Gasteiger partial charge in [-0.1, -0.05) is 0 Å². The summed E-state index contributed by atoms with van der Waals surface area (Å²) in [5.74, 6) is -3.13. The van der Waals surface area contributed by atoms with E-state index in [-0.39, 0.29) is 11.8 Å². The Morgan fingerprint density at radius 3 is 2.39 bits per heavy atom. The largest absolute Gasteiger partial charge is 0.338 e. The summed E-state index contributed by atoms with van der Waals surface area (Å²) < 4.78 is 26.4. The van der Waals surface area contributed by atoms with Crippen molar-refractivity contribution < 1.29 is 18.4 Å². The normalized spacial score (nSPS) is 24.0. The molecule has 126 valence electrons. The Hall–Kier alpha value is -1.54. The molecule has 2 aliphatic heterocycles. The molecule has 2 saturated heterocycles. The van der Waals surface area contributed by atoms with Crippen molar-refractivity contribution in [3.05, 3.63) is 21.9 Å². The maximum absolute atomic E-state index is 13.2. The third kappa shape index (κ3) is 3.53. The standard InChI is InChI=1S/C15H19F2N3O2S/c1-10-2-3-12(23-10)14(22)20-6-4-19(5-7-20)13(21)11-8-15(16,17)9-18-11/h2-3,11,18H,4-9H2,1H3. The van der Waals surface area contributed by atoms with Crippen LogP contribution in [0.1, 0.15) is 21.0 Å². The molecule has 1 unspecified atom stereocenters. The van der Waals surface area contributed by atoms with Crippen molar-refractivity contribution in [1.82, 2.24) is 15.1 Å². The molecule has 0 bridgehead atoms. The molecular formula is C15H19F2N3O2S. The van der Waals surface area contributed by atoms with Crippen molar-refractivity contribution in [2.24, 2.45) is 0 Å². The molecule has 1 atom stereocenters. The highest BCUT2D eigenvalue weighted by Gasteiger charge is 2.43. The molecule has 2 amide bonds. The number of rotatable bonds is 2. The average molecular weight is 343 g/mol. The van der Waals surface area contributed by atoms with Crippen LogP contribution >= 0.6 is 11.3 Å². The number of alkyl halides is 2. The van der Waals surface area contributed by atoms with Gasteiger partial charge in [0.1, 0.15) is 0 Å². The summed E-state index contributed by atoms with van der Waals surface area (Å²) in [5, 5.41) is 2.59. The van der Waals surface area contributed by atoms with Gasteiger partial charge in [-0.15, -0.1) is 11.3 Å². The van der Waals surface area contributed by atoms with Crippen molar-refractivity contribution in [3.8, 4) is 0 Å². The van der Waals surface area contributed by atoms with E-state index in [0.29, 0.717) is 31.1 Å². The Balaban J connectivity index is 1.54. The molecule has 2 aliphatic rings. The molecule has 1 N–H and O–H groups in total. The number of carbonyl (C=O) groups excluding carboxylic acids is 2. The average Bonchev–Trinajstić information content (AvgIpc) is 3.11. The molecule has 3 rings (SSSR count). The van der Waals surface area contributed by atoms with E-state index in [4.69, 9.17) is 0 Å². The van der Waals surface area contributed by atoms with E-state index in [9.17, 15) is 18.4 Å². The second-order valence-corrected chi connectivity index (χ2v) is 7.31. The fourth-order valence-electron chi connectivity index (χ4n) is 2.95. The number of aryl methyl sites for hydroxylation is 1. The molecule has 0 spiro atoms. The summed E-state index contributed by atoms with van der Waals surface area (Å²) in [5.41, 5.74) is 0. The summed E-state index contributed by atoms with van der Waals surface area (Å²) in [4.78, 5) is 29.7. The molecule has 0 saturated carbocycles. The van der Waals surface area contributed by atoms with Gasteiger partial charge in [-0.2, -0.15) is 0 Å². The highest BCUT2D eigenvalue weighted by Crippen LogP contribution is 2.26. The number of thiophene rings is 1. The van der Waals surface area contributed by atoms with Crippen molar-refractivity contribution >= 4 is 23.2 Å². The molecule has 0 aliphatic carbocycles. The fourth-order valence-corrected chi connectivity index (χ4v) is 3.78. The third-order valence-electron chi connectivity index (χ3n) is 4.24. The Morgan fingerprint density at radius 1 is 1.22 bits per heavy atom. The molecule has 23 heavy (non-hydrogen) atoms. The highest BCUT2D eigenvalue weighted by molar-refractivity contribution is 7.13. The van der Waals surface area contributed by atoms with Crippen LogP contribution in [0.25, 0.3) is 0 Å². The molecule has 5 nitrogen and oxygen atoms in total. The Labute approximate surface area is 137 Å². The molecule has 2 fully saturated rings. The lowest BCUT2D eigenvalue weighted by molar-refractivity contribution is -0.135.